The molecule has 1 saturated heterocycles. The van der Waals surface area contributed by atoms with E-state index >= 15 is 0 Å². The Morgan fingerprint density at radius 2 is 1.92 bits per heavy atom. The molecule has 3 amide bonds. The van der Waals surface area contributed by atoms with Crippen LogP contribution in [-0.2, 0) is 48.6 Å². The van der Waals surface area contributed by atoms with Gasteiger partial charge in [-0.2, -0.15) is 12.7 Å². The summed E-state index contributed by atoms with van der Waals surface area (Å²) >= 11 is 6.30. The van der Waals surface area contributed by atoms with Gasteiger partial charge in [0.05, 0.1) is 14.2 Å². The molecule has 1 aromatic heterocycles. The molecule has 3 N–H and O–H groups in total. The molecule has 0 aliphatic carbocycles. The number of aromatic nitrogens is 1. The summed E-state index contributed by atoms with van der Waals surface area (Å²) in [6.45, 7) is 2.55. The standard InChI is InChI=1S/C17H20ClN5O11S2/c1-17(2,15(28)33-4)34-22-9(7-6-35-16(19-7)20-8(24)5-18)12(25)21-10-11(14(27)32-3)23(13(10)26)36(29,30)31/h6,10-11H,5H2,1-4H3,(H,21,25)(H,19,20,24)(H,29,30,31)/t10-,11-/m1/s1. The molecule has 0 unspecified atom stereocenters. The van der Waals surface area contributed by atoms with Gasteiger partial charge in [-0.3, -0.25) is 18.9 Å². The quantitative estimate of drug-likeness (QED) is 0.0744. The number of carbonyl (C=O) groups is 5. The van der Waals surface area contributed by atoms with Gasteiger partial charge in [0, 0.05) is 5.38 Å². The third-order valence-corrected chi connectivity index (χ3v) is 6.31. The first-order valence-corrected chi connectivity index (χ1v) is 12.3. The molecule has 1 aliphatic rings. The molecule has 2 atom stereocenters. The molecular formula is C17H20ClN5O11S2. The normalized spacial score (nSPS) is 18.1. The van der Waals surface area contributed by atoms with Crippen LogP contribution < -0.4 is 10.6 Å². The summed E-state index contributed by atoms with van der Waals surface area (Å²) in [5, 5.41) is 9.36. The van der Waals surface area contributed by atoms with Crippen LogP contribution in [0.1, 0.15) is 19.5 Å². The lowest BCUT2D eigenvalue weighted by atomic mass is 9.98. The molecule has 36 heavy (non-hydrogen) atoms. The summed E-state index contributed by atoms with van der Waals surface area (Å²) in [4.78, 5) is 69.9. The highest BCUT2D eigenvalue weighted by atomic mass is 35.5. The molecule has 2 rings (SSSR count). The van der Waals surface area contributed by atoms with Crippen LogP contribution >= 0.6 is 22.9 Å². The SMILES string of the molecule is COC(=O)[C@H]1[C@@H](NC(=O)C(=NOC(C)(C)C(=O)OC)c2csc(NC(=O)CCl)n2)C(=O)N1S(=O)(=O)O. The molecule has 2 heterocycles. The Balaban J connectivity index is 2.41. The van der Waals surface area contributed by atoms with E-state index in [0.717, 1.165) is 25.6 Å². The molecule has 0 spiro atoms. The molecule has 0 saturated carbocycles. The van der Waals surface area contributed by atoms with Gasteiger partial charge in [-0.15, -0.1) is 22.9 Å². The second kappa shape index (κ2) is 11.1. The number of oxime groups is 1. The van der Waals surface area contributed by atoms with Gasteiger partial charge in [-0.25, -0.2) is 14.6 Å². The highest BCUT2D eigenvalue weighted by Crippen LogP contribution is 2.25. The van der Waals surface area contributed by atoms with E-state index in [2.05, 4.69) is 30.2 Å². The van der Waals surface area contributed by atoms with Crippen molar-refractivity contribution in [3.63, 3.8) is 0 Å². The Bertz CT molecular complexity index is 1210. The zero-order valence-corrected chi connectivity index (χ0v) is 21.4. The van der Waals surface area contributed by atoms with E-state index in [-0.39, 0.29) is 21.0 Å². The average Bonchev–Trinajstić information content (AvgIpc) is 3.26. The summed E-state index contributed by atoms with van der Waals surface area (Å²) in [6.07, 6.45) is 0. The number of alkyl halides is 1. The monoisotopic (exact) mass is 569 g/mol. The highest BCUT2D eigenvalue weighted by Gasteiger charge is 2.58. The second-order valence-electron chi connectivity index (χ2n) is 7.28. The Morgan fingerprint density at radius 1 is 1.28 bits per heavy atom. The first-order chi connectivity index (χ1) is 16.7. The lowest BCUT2D eigenvalue weighted by molar-refractivity contribution is -0.165. The Hall–Kier alpha value is -3.35. The van der Waals surface area contributed by atoms with Crippen molar-refractivity contribution < 1.29 is 51.3 Å². The highest BCUT2D eigenvalue weighted by molar-refractivity contribution is 7.84. The summed E-state index contributed by atoms with van der Waals surface area (Å²) in [5.41, 5.74) is -2.51. The van der Waals surface area contributed by atoms with Crippen molar-refractivity contribution in [1.29, 1.82) is 0 Å². The smallest absolute Gasteiger partial charge is 0.363 e. The number of ether oxygens (including phenoxy) is 2. The number of nitrogens with zero attached hydrogens (tertiary/aromatic N) is 3. The van der Waals surface area contributed by atoms with Gasteiger partial charge in [-0.05, 0) is 13.8 Å². The van der Waals surface area contributed by atoms with E-state index in [0.29, 0.717) is 0 Å². The molecule has 0 radical (unpaired) electrons. The van der Waals surface area contributed by atoms with E-state index < -0.39 is 63.4 Å². The number of halogens is 1. The van der Waals surface area contributed by atoms with Gasteiger partial charge in [0.2, 0.25) is 11.5 Å². The van der Waals surface area contributed by atoms with Crippen LogP contribution in [0.3, 0.4) is 0 Å². The number of hydrogen-bond donors (Lipinski definition) is 3. The minimum absolute atomic E-state index is 0.00749. The topological polar surface area (TPSA) is 220 Å². The molecule has 19 heteroatoms. The van der Waals surface area contributed by atoms with E-state index in [1.54, 1.807) is 0 Å². The summed E-state index contributed by atoms with van der Waals surface area (Å²) < 4.78 is 41.0. The van der Waals surface area contributed by atoms with Crippen LogP contribution in [0, 0.1) is 0 Å². The maximum Gasteiger partial charge on any atom is 0.363 e. The van der Waals surface area contributed by atoms with Crippen LogP contribution in [0.5, 0.6) is 0 Å². The van der Waals surface area contributed by atoms with Crippen LogP contribution in [0.4, 0.5) is 5.13 Å². The van der Waals surface area contributed by atoms with E-state index in [9.17, 15) is 36.9 Å². The fourth-order valence-electron chi connectivity index (χ4n) is 2.66. The second-order valence-corrected chi connectivity index (χ2v) is 9.70. The number of carbonyl (C=O) groups excluding carboxylic acids is 5. The Labute approximate surface area is 212 Å². The maximum absolute atomic E-state index is 13.0. The summed E-state index contributed by atoms with van der Waals surface area (Å²) in [5.74, 6) is -5.63. The number of esters is 2. The first kappa shape index (κ1) is 28.9. The fraction of sp³-hybridized carbons (Fsp3) is 0.471. The number of thiazole rings is 1. The van der Waals surface area contributed by atoms with Crippen molar-refractivity contribution in [2.45, 2.75) is 31.5 Å². The largest absolute Gasteiger partial charge is 0.467 e. The molecule has 1 aliphatic heterocycles. The summed E-state index contributed by atoms with van der Waals surface area (Å²) in [6, 6.07) is -3.69. The number of β-lactam (4-membered cyclic amide) rings is 1. The Morgan fingerprint density at radius 3 is 2.44 bits per heavy atom. The lowest BCUT2D eigenvalue weighted by Crippen LogP contribution is -2.74. The van der Waals surface area contributed by atoms with Crippen molar-refractivity contribution in [3.05, 3.63) is 11.1 Å². The van der Waals surface area contributed by atoms with Gasteiger partial charge in [0.1, 0.15) is 17.6 Å². The molecule has 16 nitrogen and oxygen atoms in total. The molecule has 1 fully saturated rings. The van der Waals surface area contributed by atoms with Gasteiger partial charge in [0.15, 0.2) is 16.9 Å². The van der Waals surface area contributed by atoms with Crippen molar-refractivity contribution in [2.24, 2.45) is 5.16 Å². The molecule has 0 aromatic carbocycles. The number of amides is 3. The van der Waals surface area contributed by atoms with Crippen molar-refractivity contribution in [1.82, 2.24) is 14.6 Å². The number of methoxy groups -OCH3 is 2. The van der Waals surface area contributed by atoms with Crippen molar-refractivity contribution >= 4 is 73.7 Å². The number of rotatable bonds is 10. The molecule has 198 valence electrons. The van der Waals surface area contributed by atoms with Crippen LogP contribution in [0.15, 0.2) is 10.5 Å². The predicted molar refractivity (Wildman–Crippen MR) is 121 cm³/mol. The molecule has 1 aromatic rings. The Kier molecular flexibility index (Phi) is 8.94. The van der Waals surface area contributed by atoms with Crippen LogP contribution in [0.2, 0.25) is 0 Å². The van der Waals surface area contributed by atoms with Gasteiger partial charge < -0.3 is 24.9 Å². The molecular weight excluding hydrogens is 550 g/mol. The average molecular weight is 570 g/mol. The molecule has 0 bridgehead atoms. The van der Waals surface area contributed by atoms with Gasteiger partial charge >= 0.3 is 22.2 Å². The number of hydrogen-bond acceptors (Lipinski definition) is 13. The summed E-state index contributed by atoms with van der Waals surface area (Å²) in [7, 11) is -3.16. The van der Waals surface area contributed by atoms with Crippen molar-refractivity contribution in [3.8, 4) is 0 Å². The number of nitrogens with one attached hydrogen (secondary N) is 2. The van der Waals surface area contributed by atoms with Crippen LogP contribution in [0.25, 0.3) is 0 Å². The fourth-order valence-corrected chi connectivity index (χ4v) is 4.28. The zero-order valence-electron chi connectivity index (χ0n) is 19.0. The maximum atomic E-state index is 13.0. The zero-order chi connectivity index (χ0) is 27.4. The van der Waals surface area contributed by atoms with E-state index in [1.165, 1.54) is 19.2 Å². The van der Waals surface area contributed by atoms with Crippen LogP contribution in [-0.4, -0.2) is 95.4 Å². The van der Waals surface area contributed by atoms with Gasteiger partial charge in [0.25, 0.3) is 11.8 Å². The third-order valence-electron chi connectivity index (χ3n) is 4.40. The minimum atomic E-state index is -5.15. The van der Waals surface area contributed by atoms with E-state index in [4.69, 9.17) is 16.4 Å². The number of anilines is 1. The van der Waals surface area contributed by atoms with Crippen molar-refractivity contribution in [2.75, 3.05) is 25.4 Å². The van der Waals surface area contributed by atoms with E-state index in [1.807, 2.05) is 0 Å². The lowest BCUT2D eigenvalue weighted by Gasteiger charge is -2.41. The first-order valence-electron chi connectivity index (χ1n) is 9.53. The third kappa shape index (κ3) is 6.25. The predicted octanol–water partition coefficient (Wildman–Crippen LogP) is -1.34. The minimum Gasteiger partial charge on any atom is -0.467 e. The van der Waals surface area contributed by atoms with Gasteiger partial charge in [-0.1, -0.05) is 5.16 Å².